The lowest BCUT2D eigenvalue weighted by Gasteiger charge is -2.27. The minimum absolute atomic E-state index is 0. The summed E-state index contributed by atoms with van der Waals surface area (Å²) in [5.41, 5.74) is 2.82. The first-order valence-electron chi connectivity index (χ1n) is 10.7. The number of anilines is 1. The van der Waals surface area contributed by atoms with Crippen LogP contribution in [0.1, 0.15) is 40.0 Å². The molecule has 0 bridgehead atoms. The zero-order valence-electron chi connectivity index (χ0n) is 17.6. The molecule has 4 rings (SSSR count). The van der Waals surface area contributed by atoms with Crippen molar-refractivity contribution < 1.29 is 14.2 Å². The molecule has 2 atom stereocenters. The molecule has 0 radical (unpaired) electrons. The Morgan fingerprint density at radius 1 is 1.16 bits per heavy atom. The quantitative estimate of drug-likeness (QED) is 0.503. The molecule has 6 nitrogen and oxygen atoms in total. The van der Waals surface area contributed by atoms with Gasteiger partial charge in [-0.3, -0.25) is 0 Å². The molecular weight excluding hydrogens is 390 g/mol. The number of benzene rings is 1. The predicted molar refractivity (Wildman–Crippen MR) is 126 cm³/mol. The maximum absolute atomic E-state index is 6.06. The van der Waals surface area contributed by atoms with Gasteiger partial charge in [0.15, 0.2) is 6.29 Å². The van der Waals surface area contributed by atoms with Crippen molar-refractivity contribution in [2.24, 2.45) is 0 Å². The number of nitrogens with one attached hydrogen (secondary N) is 1. The Morgan fingerprint density at radius 2 is 2.06 bits per heavy atom. The first-order chi connectivity index (χ1) is 14.7. The van der Waals surface area contributed by atoms with Crippen molar-refractivity contribution in [3.8, 4) is 17.0 Å². The van der Waals surface area contributed by atoms with Crippen LogP contribution < -0.4 is 10.1 Å². The van der Waals surface area contributed by atoms with E-state index in [-0.39, 0.29) is 19.8 Å². The zero-order valence-corrected chi connectivity index (χ0v) is 17.6. The van der Waals surface area contributed by atoms with E-state index in [9.17, 15) is 0 Å². The van der Waals surface area contributed by atoms with E-state index in [0.29, 0.717) is 6.61 Å². The molecular formula is C25H33N3O3. The number of hydrogen-bond acceptors (Lipinski definition) is 6. The second-order valence-corrected chi connectivity index (χ2v) is 7.51. The molecule has 166 valence electrons. The molecule has 1 saturated heterocycles. The smallest absolute Gasteiger partial charge is 0.158 e. The van der Waals surface area contributed by atoms with Gasteiger partial charge in [0.1, 0.15) is 18.2 Å². The summed E-state index contributed by atoms with van der Waals surface area (Å²) in [7, 11) is 1.86. The first-order valence-corrected chi connectivity index (χ1v) is 10.7. The van der Waals surface area contributed by atoms with Crippen LogP contribution in [0.25, 0.3) is 22.2 Å². The minimum atomic E-state index is -0.0943. The van der Waals surface area contributed by atoms with Gasteiger partial charge >= 0.3 is 0 Å². The Kier molecular flexibility index (Phi) is 8.20. The summed E-state index contributed by atoms with van der Waals surface area (Å²) >= 11 is 0. The summed E-state index contributed by atoms with van der Waals surface area (Å²) in [5.74, 6) is 1.66. The molecule has 0 aliphatic carbocycles. The Hall–Kier alpha value is -2.70. The number of fused-ring (bicyclic) bond motifs is 1. The van der Waals surface area contributed by atoms with E-state index in [1.165, 1.54) is 0 Å². The van der Waals surface area contributed by atoms with E-state index in [1.54, 1.807) is 0 Å². The van der Waals surface area contributed by atoms with Crippen molar-refractivity contribution in [1.29, 1.82) is 0 Å². The van der Waals surface area contributed by atoms with E-state index in [0.717, 1.165) is 66.0 Å². The largest absolute Gasteiger partial charge is 0.491 e. The molecule has 3 aromatic rings. The van der Waals surface area contributed by atoms with Gasteiger partial charge in [0.05, 0.1) is 17.3 Å². The topological polar surface area (TPSA) is 65.5 Å². The van der Waals surface area contributed by atoms with Crippen LogP contribution in [0.15, 0.2) is 48.7 Å². The highest BCUT2D eigenvalue weighted by Gasteiger charge is 2.19. The molecule has 0 spiro atoms. The van der Waals surface area contributed by atoms with Gasteiger partial charge in [-0.05, 0) is 62.1 Å². The standard InChI is InChI=1S/C24H29N3O3.CH4/c1-3-19(30-24-6-4-5-13-28-24)16-29-20-9-11-21-17(14-20)7-10-22(27-21)18-8-12-23(25-2)26-15-18;/h7-12,14-15,19,24H,3-6,13,16H2,1-2H3,(H,25,26);1H4. The van der Waals surface area contributed by atoms with Crippen LogP contribution in [0.5, 0.6) is 5.75 Å². The summed E-state index contributed by atoms with van der Waals surface area (Å²) in [6.07, 6.45) is 5.90. The van der Waals surface area contributed by atoms with Crippen molar-refractivity contribution in [1.82, 2.24) is 9.97 Å². The second-order valence-electron chi connectivity index (χ2n) is 7.51. The highest BCUT2D eigenvalue weighted by molar-refractivity contribution is 5.82. The monoisotopic (exact) mass is 423 g/mol. The third-order valence-electron chi connectivity index (χ3n) is 5.35. The van der Waals surface area contributed by atoms with E-state index in [4.69, 9.17) is 19.2 Å². The maximum Gasteiger partial charge on any atom is 0.158 e. The highest BCUT2D eigenvalue weighted by atomic mass is 16.7. The molecule has 1 N–H and O–H groups in total. The van der Waals surface area contributed by atoms with E-state index < -0.39 is 0 Å². The fourth-order valence-corrected chi connectivity index (χ4v) is 3.52. The SMILES string of the molecule is C.CCC(COc1ccc2nc(-c3ccc(NC)nc3)ccc2c1)OC1CCCCO1. The van der Waals surface area contributed by atoms with Crippen LogP contribution >= 0.6 is 0 Å². The minimum Gasteiger partial charge on any atom is -0.491 e. The number of nitrogens with zero attached hydrogens (tertiary/aromatic N) is 2. The summed E-state index contributed by atoms with van der Waals surface area (Å²) < 4.78 is 17.8. The van der Waals surface area contributed by atoms with Gasteiger partial charge in [0, 0.05) is 30.8 Å². The summed E-state index contributed by atoms with van der Waals surface area (Å²) in [6.45, 7) is 3.41. The van der Waals surface area contributed by atoms with Gasteiger partial charge in [-0.25, -0.2) is 9.97 Å². The normalized spacial score (nSPS) is 17.0. The first kappa shape index (κ1) is 23.0. The summed E-state index contributed by atoms with van der Waals surface area (Å²) in [4.78, 5) is 9.14. The fraction of sp³-hybridized carbons (Fsp3) is 0.440. The van der Waals surface area contributed by atoms with E-state index in [1.807, 2.05) is 49.6 Å². The zero-order chi connectivity index (χ0) is 20.8. The molecule has 1 aromatic carbocycles. The van der Waals surface area contributed by atoms with Crippen LogP contribution in [0.4, 0.5) is 5.82 Å². The van der Waals surface area contributed by atoms with Crippen LogP contribution in [-0.4, -0.2) is 42.6 Å². The van der Waals surface area contributed by atoms with Crippen LogP contribution in [-0.2, 0) is 9.47 Å². The number of ether oxygens (including phenoxy) is 3. The highest BCUT2D eigenvalue weighted by Crippen LogP contribution is 2.25. The van der Waals surface area contributed by atoms with E-state index >= 15 is 0 Å². The molecule has 1 aliphatic rings. The number of aromatic nitrogens is 2. The van der Waals surface area contributed by atoms with Crippen LogP contribution in [0, 0.1) is 0 Å². The number of pyridine rings is 2. The Labute approximate surface area is 185 Å². The third-order valence-corrected chi connectivity index (χ3v) is 5.35. The van der Waals surface area contributed by atoms with Crippen LogP contribution in [0.3, 0.4) is 0 Å². The van der Waals surface area contributed by atoms with Crippen molar-refractivity contribution in [3.05, 3.63) is 48.7 Å². The van der Waals surface area contributed by atoms with Gasteiger partial charge < -0.3 is 19.5 Å². The average molecular weight is 424 g/mol. The van der Waals surface area contributed by atoms with Crippen molar-refractivity contribution >= 4 is 16.7 Å². The molecule has 2 aromatic heterocycles. The molecule has 3 heterocycles. The van der Waals surface area contributed by atoms with Gasteiger partial charge in [0.25, 0.3) is 0 Å². The second kappa shape index (κ2) is 11.1. The summed E-state index contributed by atoms with van der Waals surface area (Å²) in [5, 5.41) is 4.07. The van der Waals surface area contributed by atoms with Gasteiger partial charge in [-0.1, -0.05) is 20.4 Å². The van der Waals surface area contributed by atoms with Gasteiger partial charge in [-0.2, -0.15) is 0 Å². The average Bonchev–Trinajstić information content (AvgIpc) is 2.82. The Morgan fingerprint density at radius 3 is 2.77 bits per heavy atom. The van der Waals surface area contributed by atoms with Gasteiger partial charge in [-0.15, -0.1) is 0 Å². The maximum atomic E-state index is 6.06. The molecule has 31 heavy (non-hydrogen) atoms. The Balaban J connectivity index is 0.00000272. The molecule has 6 heteroatoms. The molecule has 2 unspecified atom stereocenters. The molecule has 1 fully saturated rings. The lowest BCUT2D eigenvalue weighted by atomic mass is 10.1. The third kappa shape index (κ3) is 5.93. The fourth-order valence-electron chi connectivity index (χ4n) is 3.52. The molecule has 1 aliphatic heterocycles. The number of rotatable bonds is 8. The summed E-state index contributed by atoms with van der Waals surface area (Å²) in [6, 6.07) is 14.0. The number of hydrogen-bond donors (Lipinski definition) is 1. The molecule has 0 amide bonds. The van der Waals surface area contributed by atoms with E-state index in [2.05, 4.69) is 23.3 Å². The van der Waals surface area contributed by atoms with Crippen molar-refractivity contribution in [2.75, 3.05) is 25.6 Å². The van der Waals surface area contributed by atoms with Crippen molar-refractivity contribution in [3.63, 3.8) is 0 Å². The lowest BCUT2D eigenvalue weighted by Crippen LogP contribution is -2.31. The predicted octanol–water partition coefficient (Wildman–Crippen LogP) is 5.68. The molecule has 0 saturated carbocycles. The van der Waals surface area contributed by atoms with Crippen molar-refractivity contribution in [2.45, 2.75) is 52.4 Å². The van der Waals surface area contributed by atoms with Crippen LogP contribution in [0.2, 0.25) is 0 Å². The lowest BCUT2D eigenvalue weighted by molar-refractivity contribution is -0.193. The van der Waals surface area contributed by atoms with Gasteiger partial charge in [0.2, 0.25) is 0 Å². The Bertz CT molecular complexity index is 956.